The van der Waals surface area contributed by atoms with Crippen LogP contribution in [0.25, 0.3) is 11.1 Å². The molecule has 2 aromatic rings. The second-order valence-electron chi connectivity index (χ2n) is 6.19. The molecule has 158 valence electrons. The number of nitrogens with zero attached hydrogens (tertiary/aromatic N) is 2. The van der Waals surface area contributed by atoms with Crippen molar-refractivity contribution in [2.24, 2.45) is 11.0 Å². The van der Waals surface area contributed by atoms with Gasteiger partial charge in [-0.3, -0.25) is 4.79 Å². The Hall–Kier alpha value is -3.59. The molecular formula is C21H21F3N4O2. The first-order valence-electron chi connectivity index (χ1n) is 8.68. The molecule has 2 aromatic carbocycles. The summed E-state index contributed by atoms with van der Waals surface area (Å²) in [6, 6.07) is 11.0. The van der Waals surface area contributed by atoms with Crippen LogP contribution in [0.15, 0.2) is 71.5 Å². The minimum atomic E-state index is -2.94. The Kier molecular flexibility index (Phi) is 7.76. The van der Waals surface area contributed by atoms with E-state index in [-0.39, 0.29) is 11.1 Å². The number of rotatable bonds is 8. The number of anilines is 1. The number of benzene rings is 2. The number of nitrogens with one attached hydrogen (secondary N) is 1. The first kappa shape index (κ1) is 22.7. The lowest BCUT2D eigenvalue weighted by atomic mass is 10.0. The Morgan fingerprint density at radius 2 is 2.00 bits per heavy atom. The molecule has 0 aliphatic carbocycles. The molecule has 30 heavy (non-hydrogen) atoms. The number of halogens is 3. The van der Waals surface area contributed by atoms with Gasteiger partial charge in [-0.25, -0.2) is 19.0 Å². The second kappa shape index (κ2) is 10.3. The van der Waals surface area contributed by atoms with E-state index >= 15 is 0 Å². The van der Waals surface area contributed by atoms with E-state index in [9.17, 15) is 18.0 Å². The van der Waals surface area contributed by atoms with Gasteiger partial charge in [0.05, 0.1) is 11.8 Å². The van der Waals surface area contributed by atoms with E-state index in [2.05, 4.69) is 21.9 Å². The van der Waals surface area contributed by atoms with Gasteiger partial charge in [0.2, 0.25) is 0 Å². The van der Waals surface area contributed by atoms with Crippen molar-refractivity contribution in [1.82, 2.24) is 5.01 Å². The minimum absolute atomic E-state index is 0.214. The SMILES string of the molecule is C=C(/C(=C\N(C)N)C(=O)Nc1ccccc1-c1ccc(/C=N/OC)c(F)c1)C(F)F. The quantitative estimate of drug-likeness (QED) is 0.224. The summed E-state index contributed by atoms with van der Waals surface area (Å²) < 4.78 is 40.6. The highest BCUT2D eigenvalue weighted by atomic mass is 19.3. The van der Waals surface area contributed by atoms with E-state index in [1.54, 1.807) is 30.3 Å². The highest BCUT2D eigenvalue weighted by Crippen LogP contribution is 2.30. The van der Waals surface area contributed by atoms with Crippen LogP contribution in [0, 0.1) is 5.82 Å². The monoisotopic (exact) mass is 418 g/mol. The van der Waals surface area contributed by atoms with Crippen molar-refractivity contribution in [3.8, 4) is 11.1 Å². The number of amides is 1. The number of alkyl halides is 2. The highest BCUT2D eigenvalue weighted by molar-refractivity contribution is 6.08. The molecular weight excluding hydrogens is 397 g/mol. The third-order valence-electron chi connectivity index (χ3n) is 3.97. The Bertz CT molecular complexity index is 988. The van der Waals surface area contributed by atoms with Gasteiger partial charge in [0.15, 0.2) is 0 Å². The van der Waals surface area contributed by atoms with Crippen molar-refractivity contribution in [2.45, 2.75) is 6.43 Å². The number of hydrogen-bond acceptors (Lipinski definition) is 5. The van der Waals surface area contributed by atoms with Gasteiger partial charge in [0.25, 0.3) is 12.3 Å². The molecule has 0 saturated carbocycles. The standard InChI is InChI=1S/C21H21F3N4O2/c1-13(20(23)24)17(12-28(2)25)21(29)27-19-7-5-4-6-16(19)14-8-9-15(11-26-30-3)18(22)10-14/h4-12,20H,1,25H2,2-3H3,(H,27,29)/b17-12+,26-11+. The maximum Gasteiger partial charge on any atom is 0.264 e. The molecule has 1 amide bonds. The van der Waals surface area contributed by atoms with Crippen LogP contribution in [-0.4, -0.2) is 37.7 Å². The van der Waals surface area contributed by atoms with E-state index < -0.39 is 23.7 Å². The van der Waals surface area contributed by atoms with Gasteiger partial charge in [-0.1, -0.05) is 36.0 Å². The summed E-state index contributed by atoms with van der Waals surface area (Å²) in [6.07, 6.45) is -0.660. The summed E-state index contributed by atoms with van der Waals surface area (Å²) in [4.78, 5) is 17.2. The summed E-state index contributed by atoms with van der Waals surface area (Å²) in [5.74, 6) is 4.10. The second-order valence-corrected chi connectivity index (χ2v) is 6.19. The van der Waals surface area contributed by atoms with Gasteiger partial charge in [-0.2, -0.15) is 0 Å². The Morgan fingerprint density at radius 3 is 2.60 bits per heavy atom. The molecule has 0 bridgehead atoms. The number of hydrazine groups is 1. The Morgan fingerprint density at radius 1 is 1.30 bits per heavy atom. The van der Waals surface area contributed by atoms with Crippen LogP contribution in [0.5, 0.6) is 0 Å². The van der Waals surface area contributed by atoms with Crippen molar-refractivity contribution in [3.05, 3.63) is 77.8 Å². The van der Waals surface area contributed by atoms with Crippen molar-refractivity contribution in [3.63, 3.8) is 0 Å². The van der Waals surface area contributed by atoms with Crippen molar-refractivity contribution < 1.29 is 22.8 Å². The number of carbonyl (C=O) groups excluding carboxylic acids is 1. The summed E-state index contributed by atoms with van der Waals surface area (Å²) in [7, 11) is 2.73. The van der Waals surface area contributed by atoms with Crippen LogP contribution in [0.2, 0.25) is 0 Å². The fourth-order valence-electron chi connectivity index (χ4n) is 2.55. The van der Waals surface area contributed by atoms with E-state index in [0.717, 1.165) is 11.2 Å². The summed E-state index contributed by atoms with van der Waals surface area (Å²) in [6.45, 7) is 3.26. The van der Waals surface area contributed by atoms with Crippen molar-refractivity contribution >= 4 is 17.8 Å². The number of nitrogens with two attached hydrogens (primary N) is 1. The van der Waals surface area contributed by atoms with Crippen molar-refractivity contribution in [1.29, 1.82) is 0 Å². The molecule has 6 nitrogen and oxygen atoms in total. The molecule has 0 aromatic heterocycles. The van der Waals surface area contributed by atoms with Crippen LogP contribution in [0.3, 0.4) is 0 Å². The van der Waals surface area contributed by atoms with Gasteiger partial charge >= 0.3 is 0 Å². The van der Waals surface area contributed by atoms with Crippen LogP contribution in [-0.2, 0) is 9.63 Å². The fourth-order valence-corrected chi connectivity index (χ4v) is 2.55. The fraction of sp³-hybridized carbons (Fsp3) is 0.143. The molecule has 0 fully saturated rings. The number of hydrogen-bond donors (Lipinski definition) is 2. The van der Waals surface area contributed by atoms with Gasteiger partial charge in [0, 0.05) is 35.6 Å². The zero-order chi connectivity index (χ0) is 22.3. The summed E-state index contributed by atoms with van der Waals surface area (Å²) in [5, 5.41) is 7.07. The summed E-state index contributed by atoms with van der Waals surface area (Å²) >= 11 is 0. The minimum Gasteiger partial charge on any atom is -0.399 e. The topological polar surface area (TPSA) is 80.0 Å². The maximum absolute atomic E-state index is 14.4. The number of oxime groups is 1. The van der Waals surface area contributed by atoms with Gasteiger partial charge in [0.1, 0.15) is 12.9 Å². The van der Waals surface area contributed by atoms with Crippen LogP contribution in [0.1, 0.15) is 5.56 Å². The predicted molar refractivity (Wildman–Crippen MR) is 110 cm³/mol. The lowest BCUT2D eigenvalue weighted by molar-refractivity contribution is -0.112. The number of para-hydroxylation sites is 1. The largest absolute Gasteiger partial charge is 0.399 e. The Labute approximate surface area is 172 Å². The van der Waals surface area contributed by atoms with Crippen LogP contribution < -0.4 is 11.2 Å². The third kappa shape index (κ3) is 5.71. The molecule has 0 radical (unpaired) electrons. The molecule has 9 heteroatoms. The molecule has 3 N–H and O–H groups in total. The average molecular weight is 418 g/mol. The smallest absolute Gasteiger partial charge is 0.264 e. The lowest BCUT2D eigenvalue weighted by Crippen LogP contribution is -2.25. The van der Waals surface area contributed by atoms with Crippen LogP contribution >= 0.6 is 0 Å². The zero-order valence-corrected chi connectivity index (χ0v) is 16.4. The lowest BCUT2D eigenvalue weighted by Gasteiger charge is -2.16. The first-order valence-corrected chi connectivity index (χ1v) is 8.68. The first-order chi connectivity index (χ1) is 14.2. The molecule has 0 aliphatic heterocycles. The van der Waals surface area contributed by atoms with E-state index in [1.807, 2.05) is 0 Å². The Balaban J connectivity index is 2.39. The predicted octanol–water partition coefficient (Wildman–Crippen LogP) is 3.92. The van der Waals surface area contributed by atoms with Gasteiger partial charge in [-0.15, -0.1) is 0 Å². The molecule has 0 saturated heterocycles. The van der Waals surface area contributed by atoms with E-state index in [0.29, 0.717) is 16.8 Å². The van der Waals surface area contributed by atoms with Crippen molar-refractivity contribution in [2.75, 3.05) is 19.5 Å². The molecule has 0 heterocycles. The van der Waals surface area contributed by atoms with Crippen LogP contribution in [0.4, 0.5) is 18.9 Å². The summed E-state index contributed by atoms with van der Waals surface area (Å²) in [5.41, 5.74) is 0.423. The number of carbonyl (C=O) groups is 1. The van der Waals surface area contributed by atoms with Gasteiger partial charge in [-0.05, 0) is 23.8 Å². The third-order valence-corrected chi connectivity index (χ3v) is 3.97. The zero-order valence-electron chi connectivity index (χ0n) is 16.4. The van der Waals surface area contributed by atoms with Gasteiger partial charge < -0.3 is 15.2 Å². The maximum atomic E-state index is 14.4. The van der Waals surface area contributed by atoms with E-state index in [4.69, 9.17) is 5.84 Å². The normalized spacial score (nSPS) is 11.6. The molecule has 0 unspecified atom stereocenters. The average Bonchev–Trinajstić information content (AvgIpc) is 2.70. The highest BCUT2D eigenvalue weighted by Gasteiger charge is 2.22. The molecule has 0 aliphatic rings. The molecule has 0 spiro atoms. The molecule has 0 atom stereocenters. The van der Waals surface area contributed by atoms with E-state index in [1.165, 1.54) is 32.5 Å². The molecule has 2 rings (SSSR count).